The number of carbonyl (C=O) groups excluding carboxylic acids is 1. The van der Waals surface area contributed by atoms with Gasteiger partial charge in [0.15, 0.2) is 0 Å². The molecule has 1 aromatic carbocycles. The minimum absolute atomic E-state index is 0.0165. The zero-order valence-corrected chi connectivity index (χ0v) is 15.4. The van der Waals surface area contributed by atoms with Crippen molar-refractivity contribution in [3.05, 3.63) is 35.1 Å². The molecular weight excluding hydrogens is 357 g/mol. The fraction of sp³-hybridized carbons (Fsp3) is 0.650. The number of nitrogens with two attached hydrogens (primary N) is 1. The number of hydrogen-bond acceptors (Lipinski definition) is 3. The van der Waals surface area contributed by atoms with Crippen LogP contribution in [0.1, 0.15) is 56.4 Å². The van der Waals surface area contributed by atoms with Crippen molar-refractivity contribution in [1.29, 1.82) is 0 Å². The SMILES string of the molecule is NC(=O)C1(NCCC2CCC(c3c(F)cc(F)cc3F)CC2)CCOCC1. The lowest BCUT2D eigenvalue weighted by Gasteiger charge is -2.36. The molecule has 1 aliphatic heterocycles. The van der Waals surface area contributed by atoms with Crippen LogP contribution in [0.15, 0.2) is 12.1 Å². The Balaban J connectivity index is 1.49. The zero-order chi connectivity index (χ0) is 19.4. The average molecular weight is 384 g/mol. The maximum atomic E-state index is 14.0. The molecule has 1 saturated heterocycles. The molecule has 27 heavy (non-hydrogen) atoms. The van der Waals surface area contributed by atoms with Gasteiger partial charge in [-0.15, -0.1) is 0 Å². The lowest BCUT2D eigenvalue weighted by Crippen LogP contribution is -2.58. The molecule has 4 nitrogen and oxygen atoms in total. The highest BCUT2D eigenvalue weighted by Crippen LogP contribution is 2.39. The van der Waals surface area contributed by atoms with Crippen molar-refractivity contribution >= 4 is 5.91 Å². The quantitative estimate of drug-likeness (QED) is 0.790. The van der Waals surface area contributed by atoms with Crippen LogP contribution < -0.4 is 11.1 Å². The van der Waals surface area contributed by atoms with Crippen molar-refractivity contribution in [2.45, 2.75) is 56.4 Å². The summed E-state index contributed by atoms with van der Waals surface area (Å²) in [5, 5.41) is 3.33. The smallest absolute Gasteiger partial charge is 0.237 e. The number of rotatable bonds is 6. The summed E-state index contributed by atoms with van der Waals surface area (Å²) in [5.74, 6) is -2.57. The maximum absolute atomic E-state index is 14.0. The molecule has 1 aromatic rings. The van der Waals surface area contributed by atoms with E-state index in [2.05, 4.69) is 5.32 Å². The summed E-state index contributed by atoms with van der Waals surface area (Å²) >= 11 is 0. The number of hydrogen-bond donors (Lipinski definition) is 2. The summed E-state index contributed by atoms with van der Waals surface area (Å²) in [4.78, 5) is 11.9. The molecule has 7 heteroatoms. The van der Waals surface area contributed by atoms with Gasteiger partial charge in [0.25, 0.3) is 0 Å². The van der Waals surface area contributed by atoms with Gasteiger partial charge < -0.3 is 15.8 Å². The highest BCUT2D eigenvalue weighted by molar-refractivity contribution is 5.84. The molecule has 0 unspecified atom stereocenters. The lowest BCUT2D eigenvalue weighted by molar-refractivity contribution is -0.128. The van der Waals surface area contributed by atoms with Gasteiger partial charge in [-0.3, -0.25) is 4.79 Å². The predicted molar refractivity (Wildman–Crippen MR) is 95.6 cm³/mol. The van der Waals surface area contributed by atoms with Crippen molar-refractivity contribution in [3.63, 3.8) is 0 Å². The number of halogens is 3. The lowest BCUT2D eigenvalue weighted by atomic mass is 9.77. The van der Waals surface area contributed by atoms with E-state index in [0.29, 0.717) is 51.4 Å². The topological polar surface area (TPSA) is 64.4 Å². The van der Waals surface area contributed by atoms with Crippen molar-refractivity contribution in [2.75, 3.05) is 19.8 Å². The molecule has 3 N–H and O–H groups in total. The average Bonchev–Trinajstić information content (AvgIpc) is 2.63. The van der Waals surface area contributed by atoms with Crippen molar-refractivity contribution < 1.29 is 22.7 Å². The molecule has 2 fully saturated rings. The van der Waals surface area contributed by atoms with Gasteiger partial charge >= 0.3 is 0 Å². The molecule has 0 radical (unpaired) electrons. The molecule has 1 heterocycles. The number of carbonyl (C=O) groups is 1. The van der Waals surface area contributed by atoms with Crippen LogP contribution in [0.4, 0.5) is 13.2 Å². The molecule has 3 rings (SSSR count). The summed E-state index contributed by atoms with van der Waals surface area (Å²) in [6.45, 7) is 1.73. The third kappa shape index (κ3) is 4.63. The molecule has 1 aliphatic carbocycles. The molecule has 0 aromatic heterocycles. The van der Waals surface area contributed by atoms with Crippen molar-refractivity contribution in [2.24, 2.45) is 11.7 Å². The normalized spacial score (nSPS) is 25.3. The van der Waals surface area contributed by atoms with E-state index < -0.39 is 23.0 Å². The minimum atomic E-state index is -0.884. The number of amides is 1. The third-order valence-corrected chi connectivity index (χ3v) is 6.13. The summed E-state index contributed by atoms with van der Waals surface area (Å²) in [6, 6.07) is 1.51. The van der Waals surface area contributed by atoms with Gasteiger partial charge in [-0.1, -0.05) is 0 Å². The highest BCUT2D eigenvalue weighted by Gasteiger charge is 2.38. The Morgan fingerprint density at radius 1 is 1.11 bits per heavy atom. The Hall–Kier alpha value is -1.60. The van der Waals surface area contributed by atoms with E-state index in [9.17, 15) is 18.0 Å². The predicted octanol–water partition coefficient (Wildman–Crippen LogP) is 3.39. The second kappa shape index (κ2) is 8.61. The molecule has 1 amide bonds. The van der Waals surface area contributed by atoms with Gasteiger partial charge in [0.2, 0.25) is 5.91 Å². The van der Waals surface area contributed by atoms with Crippen LogP contribution in [0.2, 0.25) is 0 Å². The fourth-order valence-electron chi connectivity index (χ4n) is 4.43. The van der Waals surface area contributed by atoms with E-state index in [-0.39, 0.29) is 17.4 Å². The van der Waals surface area contributed by atoms with Crippen LogP contribution in [-0.2, 0) is 9.53 Å². The largest absolute Gasteiger partial charge is 0.381 e. The molecule has 0 spiro atoms. The van der Waals surface area contributed by atoms with E-state index in [1.807, 2.05) is 0 Å². The van der Waals surface area contributed by atoms with E-state index in [0.717, 1.165) is 31.4 Å². The van der Waals surface area contributed by atoms with Gasteiger partial charge in [-0.25, -0.2) is 13.2 Å². The van der Waals surface area contributed by atoms with E-state index in [1.165, 1.54) is 0 Å². The molecular formula is C20H27F3N2O2. The Morgan fingerprint density at radius 2 is 1.70 bits per heavy atom. The van der Waals surface area contributed by atoms with E-state index >= 15 is 0 Å². The van der Waals surface area contributed by atoms with Crippen molar-refractivity contribution in [3.8, 4) is 0 Å². The standard InChI is InChI=1S/C20H27F3N2O2/c21-15-11-16(22)18(17(23)12-15)14-3-1-13(2-4-14)5-8-25-20(19(24)26)6-9-27-10-7-20/h11-14,25H,1-10H2,(H2,24,26). The second-order valence-electron chi connectivity index (χ2n) is 7.77. The number of primary amides is 1. The van der Waals surface area contributed by atoms with Gasteiger partial charge in [-0.2, -0.15) is 0 Å². The maximum Gasteiger partial charge on any atom is 0.237 e. The first kappa shape index (κ1) is 20.1. The Morgan fingerprint density at radius 3 is 2.26 bits per heavy atom. The van der Waals surface area contributed by atoms with Crippen LogP contribution in [-0.4, -0.2) is 31.2 Å². The summed E-state index contributed by atoms with van der Waals surface area (Å²) in [6.07, 6.45) is 5.12. The number of nitrogens with one attached hydrogen (secondary N) is 1. The minimum Gasteiger partial charge on any atom is -0.381 e. The molecule has 0 atom stereocenters. The first-order valence-corrected chi connectivity index (χ1v) is 9.68. The van der Waals surface area contributed by atoms with Gasteiger partial charge in [0.1, 0.15) is 23.0 Å². The van der Waals surface area contributed by atoms with Crippen LogP contribution in [0.3, 0.4) is 0 Å². The van der Waals surface area contributed by atoms with Crippen LogP contribution in [0.5, 0.6) is 0 Å². The zero-order valence-electron chi connectivity index (χ0n) is 15.4. The molecule has 2 aliphatic rings. The molecule has 150 valence electrons. The highest BCUT2D eigenvalue weighted by atomic mass is 19.1. The van der Waals surface area contributed by atoms with Crippen LogP contribution >= 0.6 is 0 Å². The van der Waals surface area contributed by atoms with Gasteiger partial charge in [0, 0.05) is 30.9 Å². The first-order valence-electron chi connectivity index (χ1n) is 9.68. The van der Waals surface area contributed by atoms with Crippen LogP contribution in [0, 0.1) is 23.4 Å². The first-order chi connectivity index (χ1) is 12.9. The summed E-state index contributed by atoms with van der Waals surface area (Å²) in [5.41, 5.74) is 4.92. The van der Waals surface area contributed by atoms with E-state index in [4.69, 9.17) is 10.5 Å². The van der Waals surface area contributed by atoms with E-state index in [1.54, 1.807) is 0 Å². The fourth-order valence-corrected chi connectivity index (χ4v) is 4.43. The number of ether oxygens (including phenoxy) is 1. The van der Waals surface area contributed by atoms with Crippen molar-refractivity contribution in [1.82, 2.24) is 5.32 Å². The Bertz CT molecular complexity index is 646. The monoisotopic (exact) mass is 384 g/mol. The van der Waals surface area contributed by atoms with Crippen LogP contribution in [0.25, 0.3) is 0 Å². The Labute approximate surface area is 157 Å². The molecule has 0 bridgehead atoms. The Kier molecular flexibility index (Phi) is 6.42. The number of benzene rings is 1. The summed E-state index contributed by atoms with van der Waals surface area (Å²) < 4.78 is 46.4. The van der Waals surface area contributed by atoms with Gasteiger partial charge in [-0.05, 0) is 63.3 Å². The second-order valence-corrected chi connectivity index (χ2v) is 7.77. The third-order valence-electron chi connectivity index (χ3n) is 6.13. The molecule has 1 saturated carbocycles. The van der Waals surface area contributed by atoms with Gasteiger partial charge in [0.05, 0.1) is 0 Å². The summed E-state index contributed by atoms with van der Waals surface area (Å²) in [7, 11) is 0.